The molecule has 1 heterocycles. The number of amides is 2. The quantitative estimate of drug-likeness (QED) is 0.639. The lowest BCUT2D eigenvalue weighted by atomic mass is 10.2. The van der Waals surface area contributed by atoms with E-state index in [0.29, 0.717) is 39.3 Å². The topological polar surface area (TPSA) is 67.9 Å². The second-order valence-corrected chi connectivity index (χ2v) is 4.68. The zero-order chi connectivity index (χ0) is 14.1. The molecule has 0 radical (unpaired) electrons. The third-order valence-electron chi connectivity index (χ3n) is 3.07. The molecule has 1 atom stereocenters. The van der Waals surface area contributed by atoms with Crippen LogP contribution in [0.4, 0.5) is 0 Å². The molecule has 0 bridgehead atoms. The van der Waals surface area contributed by atoms with Crippen LogP contribution in [0.2, 0.25) is 0 Å². The summed E-state index contributed by atoms with van der Waals surface area (Å²) in [5.74, 6) is -0.0441. The summed E-state index contributed by atoms with van der Waals surface area (Å²) in [6, 6.07) is -0.409. The number of methoxy groups -OCH3 is 1. The Morgan fingerprint density at radius 1 is 1.26 bits per heavy atom. The summed E-state index contributed by atoms with van der Waals surface area (Å²) in [5, 5.41) is 2.68. The largest absolute Gasteiger partial charge is 0.382 e. The average molecular weight is 272 g/mol. The Kier molecular flexibility index (Phi) is 7.43. The van der Waals surface area contributed by atoms with Gasteiger partial charge in [0, 0.05) is 33.2 Å². The molecule has 1 N–H and O–H groups in total. The number of hydrogen-bond donors (Lipinski definition) is 1. The molecule has 1 saturated heterocycles. The van der Waals surface area contributed by atoms with Crippen molar-refractivity contribution in [3.63, 3.8) is 0 Å². The minimum atomic E-state index is -0.409. The summed E-state index contributed by atoms with van der Waals surface area (Å²) in [6.45, 7) is 4.82. The molecule has 1 rings (SSSR count). The number of carbonyl (C=O) groups is 2. The van der Waals surface area contributed by atoms with E-state index in [-0.39, 0.29) is 11.8 Å². The Balaban J connectivity index is 2.17. The Labute approximate surface area is 114 Å². The van der Waals surface area contributed by atoms with Crippen LogP contribution in [0.1, 0.15) is 26.2 Å². The molecule has 0 saturated carbocycles. The van der Waals surface area contributed by atoms with Gasteiger partial charge in [0.15, 0.2) is 0 Å². The van der Waals surface area contributed by atoms with Crippen molar-refractivity contribution in [1.29, 1.82) is 0 Å². The first-order chi connectivity index (χ1) is 9.15. The summed E-state index contributed by atoms with van der Waals surface area (Å²) >= 11 is 0. The fraction of sp³-hybridized carbons (Fsp3) is 0.846. The van der Waals surface area contributed by atoms with Gasteiger partial charge in [-0.05, 0) is 19.8 Å². The van der Waals surface area contributed by atoms with Gasteiger partial charge >= 0.3 is 0 Å². The summed E-state index contributed by atoms with van der Waals surface area (Å²) < 4.78 is 10.2. The number of hydrogen-bond acceptors (Lipinski definition) is 4. The van der Waals surface area contributed by atoms with Gasteiger partial charge < -0.3 is 19.7 Å². The fourth-order valence-corrected chi connectivity index (χ4v) is 1.97. The first-order valence-corrected chi connectivity index (χ1v) is 6.80. The Hall–Kier alpha value is -1.14. The van der Waals surface area contributed by atoms with E-state index in [1.54, 1.807) is 18.9 Å². The van der Waals surface area contributed by atoms with Gasteiger partial charge in [0.25, 0.3) is 0 Å². The van der Waals surface area contributed by atoms with E-state index >= 15 is 0 Å². The van der Waals surface area contributed by atoms with Crippen LogP contribution in [0.3, 0.4) is 0 Å². The Bertz CT molecular complexity index is 296. The normalized spacial score (nSPS) is 20.3. The molecule has 1 aliphatic heterocycles. The number of ether oxygens (including phenoxy) is 2. The molecule has 1 fully saturated rings. The standard InChI is InChI=1S/C13H24N2O4/c1-11-13(17)15(7-5-12(16)14-11)6-3-4-8-19-10-9-18-2/h11H,3-10H2,1-2H3,(H,14,16). The highest BCUT2D eigenvalue weighted by atomic mass is 16.5. The molecule has 6 heteroatoms. The van der Waals surface area contributed by atoms with Crippen molar-refractivity contribution in [2.45, 2.75) is 32.2 Å². The van der Waals surface area contributed by atoms with Crippen LogP contribution in [0.15, 0.2) is 0 Å². The minimum Gasteiger partial charge on any atom is -0.382 e. The highest BCUT2D eigenvalue weighted by Gasteiger charge is 2.25. The monoisotopic (exact) mass is 272 g/mol. The Morgan fingerprint density at radius 2 is 2.05 bits per heavy atom. The van der Waals surface area contributed by atoms with E-state index in [1.165, 1.54) is 0 Å². The lowest BCUT2D eigenvalue weighted by molar-refractivity contribution is -0.133. The van der Waals surface area contributed by atoms with Crippen LogP contribution in [-0.2, 0) is 19.1 Å². The van der Waals surface area contributed by atoms with Gasteiger partial charge in [-0.3, -0.25) is 9.59 Å². The zero-order valence-electron chi connectivity index (χ0n) is 11.8. The van der Waals surface area contributed by atoms with Gasteiger partial charge in [-0.2, -0.15) is 0 Å². The van der Waals surface area contributed by atoms with Gasteiger partial charge in [-0.15, -0.1) is 0 Å². The van der Waals surface area contributed by atoms with Crippen molar-refractivity contribution in [2.75, 3.05) is 40.0 Å². The second-order valence-electron chi connectivity index (χ2n) is 4.68. The number of nitrogens with zero attached hydrogens (tertiary/aromatic N) is 1. The van der Waals surface area contributed by atoms with Crippen molar-refractivity contribution in [3.05, 3.63) is 0 Å². The molecule has 1 aliphatic rings. The highest BCUT2D eigenvalue weighted by molar-refractivity contribution is 5.89. The van der Waals surface area contributed by atoms with E-state index in [1.807, 2.05) is 0 Å². The minimum absolute atomic E-state index is 0.00570. The predicted octanol–water partition coefficient (Wildman–Crippen LogP) is 0.167. The van der Waals surface area contributed by atoms with Crippen molar-refractivity contribution >= 4 is 11.8 Å². The van der Waals surface area contributed by atoms with E-state index in [9.17, 15) is 9.59 Å². The maximum atomic E-state index is 12.0. The number of unbranched alkanes of at least 4 members (excludes halogenated alkanes) is 1. The molecular formula is C13H24N2O4. The third-order valence-corrected chi connectivity index (χ3v) is 3.07. The van der Waals surface area contributed by atoms with Gasteiger partial charge in [-0.1, -0.05) is 0 Å². The zero-order valence-corrected chi connectivity index (χ0v) is 11.8. The number of rotatable bonds is 8. The summed E-state index contributed by atoms with van der Waals surface area (Å²) in [6.07, 6.45) is 2.18. The molecule has 0 aliphatic carbocycles. The molecule has 6 nitrogen and oxygen atoms in total. The lowest BCUT2D eigenvalue weighted by Gasteiger charge is -2.22. The average Bonchev–Trinajstić information content (AvgIpc) is 2.50. The van der Waals surface area contributed by atoms with Gasteiger partial charge in [0.1, 0.15) is 6.04 Å². The van der Waals surface area contributed by atoms with Crippen LogP contribution in [0.25, 0.3) is 0 Å². The maximum absolute atomic E-state index is 12.0. The molecule has 0 aromatic carbocycles. The lowest BCUT2D eigenvalue weighted by Crippen LogP contribution is -2.42. The van der Waals surface area contributed by atoms with Crippen LogP contribution >= 0.6 is 0 Å². The number of nitrogens with one attached hydrogen (secondary N) is 1. The van der Waals surface area contributed by atoms with E-state index in [0.717, 1.165) is 12.8 Å². The fourth-order valence-electron chi connectivity index (χ4n) is 1.97. The van der Waals surface area contributed by atoms with Crippen molar-refractivity contribution in [3.8, 4) is 0 Å². The maximum Gasteiger partial charge on any atom is 0.244 e. The molecule has 19 heavy (non-hydrogen) atoms. The first kappa shape index (κ1) is 15.9. The number of carbonyl (C=O) groups excluding carboxylic acids is 2. The van der Waals surface area contributed by atoms with Crippen LogP contribution in [-0.4, -0.2) is 62.8 Å². The highest BCUT2D eigenvalue weighted by Crippen LogP contribution is 2.05. The van der Waals surface area contributed by atoms with E-state index in [2.05, 4.69) is 5.32 Å². The summed E-state index contributed by atoms with van der Waals surface area (Å²) in [4.78, 5) is 25.1. The van der Waals surface area contributed by atoms with Crippen molar-refractivity contribution in [2.24, 2.45) is 0 Å². The van der Waals surface area contributed by atoms with Gasteiger partial charge in [0.2, 0.25) is 11.8 Å². The SMILES string of the molecule is COCCOCCCCN1CCC(=O)NC(C)C1=O. The molecule has 110 valence electrons. The molecule has 0 spiro atoms. The molecular weight excluding hydrogens is 248 g/mol. The van der Waals surface area contributed by atoms with Gasteiger partial charge in [0.05, 0.1) is 13.2 Å². The van der Waals surface area contributed by atoms with Gasteiger partial charge in [-0.25, -0.2) is 0 Å². The molecule has 0 aromatic heterocycles. The smallest absolute Gasteiger partial charge is 0.244 e. The van der Waals surface area contributed by atoms with Crippen molar-refractivity contribution < 1.29 is 19.1 Å². The summed E-state index contributed by atoms with van der Waals surface area (Å²) in [5.41, 5.74) is 0. The molecule has 1 unspecified atom stereocenters. The van der Waals surface area contributed by atoms with Crippen LogP contribution in [0, 0.1) is 0 Å². The van der Waals surface area contributed by atoms with E-state index in [4.69, 9.17) is 9.47 Å². The van der Waals surface area contributed by atoms with E-state index < -0.39 is 6.04 Å². The second kappa shape index (κ2) is 8.87. The van der Waals surface area contributed by atoms with Crippen LogP contribution in [0.5, 0.6) is 0 Å². The molecule has 0 aromatic rings. The van der Waals surface area contributed by atoms with Crippen LogP contribution < -0.4 is 5.32 Å². The first-order valence-electron chi connectivity index (χ1n) is 6.80. The Morgan fingerprint density at radius 3 is 2.79 bits per heavy atom. The van der Waals surface area contributed by atoms with Crippen molar-refractivity contribution in [1.82, 2.24) is 10.2 Å². The predicted molar refractivity (Wildman–Crippen MR) is 70.7 cm³/mol. The molecule has 2 amide bonds. The third kappa shape index (κ3) is 6.02. The summed E-state index contributed by atoms with van der Waals surface area (Å²) in [7, 11) is 1.64.